The molecule has 1 saturated carbocycles. The van der Waals surface area contributed by atoms with Gasteiger partial charge in [-0.1, -0.05) is 18.2 Å². The maximum absolute atomic E-state index is 12.1. The Bertz CT molecular complexity index is 325. The van der Waals surface area contributed by atoms with Gasteiger partial charge >= 0.3 is 0 Å². The minimum Gasteiger partial charge on any atom is -0.349 e. The molecule has 14 heavy (non-hydrogen) atoms. The highest BCUT2D eigenvalue weighted by Gasteiger charge is 2.38. The van der Waals surface area contributed by atoms with E-state index in [1.54, 1.807) is 12.1 Å². The number of amides is 1. The Balaban J connectivity index is 1.91. The van der Waals surface area contributed by atoms with Gasteiger partial charge in [0.1, 0.15) is 0 Å². The maximum atomic E-state index is 12.1. The van der Waals surface area contributed by atoms with Crippen LogP contribution in [0.25, 0.3) is 0 Å². The van der Waals surface area contributed by atoms with Crippen molar-refractivity contribution in [1.82, 2.24) is 5.32 Å². The standard InChI is InChI=1S/C11H12FNO/c12-7-9-6-10(9)13-11(14)8-4-2-1-3-5-8/h1-5,9-10H,6-7H2,(H,13,14)/t9-,10+/m0/s1. The molecule has 0 aromatic heterocycles. The topological polar surface area (TPSA) is 29.1 Å². The largest absolute Gasteiger partial charge is 0.349 e. The van der Waals surface area contributed by atoms with Crippen molar-refractivity contribution >= 4 is 5.91 Å². The highest BCUT2D eigenvalue weighted by atomic mass is 19.1. The summed E-state index contributed by atoms with van der Waals surface area (Å²) < 4.78 is 12.1. The summed E-state index contributed by atoms with van der Waals surface area (Å²) in [4.78, 5) is 11.5. The van der Waals surface area contributed by atoms with Crippen molar-refractivity contribution in [3.63, 3.8) is 0 Å². The number of alkyl halides is 1. The summed E-state index contributed by atoms with van der Waals surface area (Å²) in [6.07, 6.45) is 0.773. The summed E-state index contributed by atoms with van der Waals surface area (Å²) in [7, 11) is 0. The molecule has 0 unspecified atom stereocenters. The first-order valence-corrected chi connectivity index (χ1v) is 4.73. The van der Waals surface area contributed by atoms with Crippen LogP contribution in [-0.4, -0.2) is 18.6 Å². The Kier molecular flexibility index (Phi) is 2.48. The molecule has 2 atom stereocenters. The number of halogens is 1. The molecule has 0 heterocycles. The second-order valence-corrected chi connectivity index (χ2v) is 3.60. The van der Waals surface area contributed by atoms with Gasteiger partial charge in [0.25, 0.3) is 5.91 Å². The van der Waals surface area contributed by atoms with E-state index in [4.69, 9.17) is 0 Å². The second kappa shape index (κ2) is 3.78. The number of carbonyl (C=O) groups is 1. The third-order valence-electron chi connectivity index (χ3n) is 2.47. The van der Waals surface area contributed by atoms with Crippen LogP contribution in [0.4, 0.5) is 4.39 Å². The van der Waals surface area contributed by atoms with E-state index in [0.29, 0.717) is 5.56 Å². The molecule has 1 aliphatic carbocycles. The molecule has 0 bridgehead atoms. The monoisotopic (exact) mass is 193 g/mol. The highest BCUT2D eigenvalue weighted by molar-refractivity contribution is 5.94. The number of rotatable bonds is 3. The van der Waals surface area contributed by atoms with Crippen molar-refractivity contribution < 1.29 is 9.18 Å². The molecule has 0 spiro atoms. The predicted octanol–water partition coefficient (Wildman–Crippen LogP) is 1.77. The molecule has 1 amide bonds. The molecule has 2 nitrogen and oxygen atoms in total. The van der Waals surface area contributed by atoms with Crippen molar-refractivity contribution in [3.8, 4) is 0 Å². The zero-order valence-corrected chi connectivity index (χ0v) is 7.74. The van der Waals surface area contributed by atoms with Gasteiger partial charge in [-0.2, -0.15) is 0 Å². The summed E-state index contributed by atoms with van der Waals surface area (Å²) in [5.41, 5.74) is 0.636. The average Bonchev–Trinajstić information content (AvgIpc) is 2.98. The third-order valence-corrected chi connectivity index (χ3v) is 2.47. The van der Waals surface area contributed by atoms with Crippen LogP contribution in [-0.2, 0) is 0 Å². The minimum atomic E-state index is -0.334. The lowest BCUT2D eigenvalue weighted by Gasteiger charge is -2.02. The second-order valence-electron chi connectivity index (χ2n) is 3.60. The number of hydrogen-bond acceptors (Lipinski definition) is 1. The van der Waals surface area contributed by atoms with Gasteiger partial charge in [-0.25, -0.2) is 0 Å². The van der Waals surface area contributed by atoms with Crippen LogP contribution in [0.1, 0.15) is 16.8 Å². The van der Waals surface area contributed by atoms with Gasteiger partial charge in [0, 0.05) is 17.5 Å². The molecule has 1 aromatic rings. The highest BCUT2D eigenvalue weighted by Crippen LogP contribution is 2.30. The molecular formula is C11H12FNO. The molecule has 2 rings (SSSR count). The molecule has 1 aromatic carbocycles. The molecule has 3 heteroatoms. The Morgan fingerprint density at radius 1 is 1.43 bits per heavy atom. The van der Waals surface area contributed by atoms with E-state index in [2.05, 4.69) is 5.32 Å². The van der Waals surface area contributed by atoms with Gasteiger partial charge < -0.3 is 5.32 Å². The fourth-order valence-electron chi connectivity index (χ4n) is 1.44. The van der Waals surface area contributed by atoms with Crippen LogP contribution in [0.3, 0.4) is 0 Å². The number of hydrogen-bond donors (Lipinski definition) is 1. The number of carbonyl (C=O) groups excluding carboxylic acids is 1. The zero-order chi connectivity index (χ0) is 9.97. The Morgan fingerprint density at radius 3 is 2.71 bits per heavy atom. The van der Waals surface area contributed by atoms with Gasteiger partial charge in [-0.05, 0) is 18.6 Å². The quantitative estimate of drug-likeness (QED) is 0.778. The van der Waals surface area contributed by atoms with Crippen LogP contribution in [0.2, 0.25) is 0 Å². The normalized spacial score (nSPS) is 24.4. The van der Waals surface area contributed by atoms with Crippen LogP contribution < -0.4 is 5.32 Å². The molecular weight excluding hydrogens is 181 g/mol. The van der Waals surface area contributed by atoms with Gasteiger partial charge in [-0.15, -0.1) is 0 Å². The van der Waals surface area contributed by atoms with Crippen LogP contribution >= 0.6 is 0 Å². The zero-order valence-electron chi connectivity index (χ0n) is 7.74. The number of nitrogens with one attached hydrogen (secondary N) is 1. The van der Waals surface area contributed by atoms with E-state index in [-0.39, 0.29) is 24.5 Å². The summed E-state index contributed by atoms with van der Waals surface area (Å²) in [6.45, 7) is -0.334. The molecule has 74 valence electrons. The van der Waals surface area contributed by atoms with Crippen molar-refractivity contribution in [1.29, 1.82) is 0 Å². The smallest absolute Gasteiger partial charge is 0.251 e. The average molecular weight is 193 g/mol. The molecule has 1 aliphatic rings. The van der Waals surface area contributed by atoms with Gasteiger partial charge in [-0.3, -0.25) is 9.18 Å². The fraction of sp³-hybridized carbons (Fsp3) is 0.364. The van der Waals surface area contributed by atoms with E-state index in [1.165, 1.54) is 0 Å². The van der Waals surface area contributed by atoms with Crippen LogP contribution in [0.5, 0.6) is 0 Å². The summed E-state index contributed by atoms with van der Waals surface area (Å²) in [5, 5.41) is 2.79. The van der Waals surface area contributed by atoms with E-state index < -0.39 is 0 Å². The first kappa shape index (κ1) is 9.19. The first-order valence-electron chi connectivity index (χ1n) is 4.73. The van der Waals surface area contributed by atoms with E-state index in [0.717, 1.165) is 6.42 Å². The Morgan fingerprint density at radius 2 is 2.14 bits per heavy atom. The van der Waals surface area contributed by atoms with Crippen molar-refractivity contribution in [2.45, 2.75) is 12.5 Å². The molecule has 1 N–H and O–H groups in total. The van der Waals surface area contributed by atoms with Crippen LogP contribution in [0, 0.1) is 5.92 Å². The lowest BCUT2D eigenvalue weighted by Crippen LogP contribution is -2.26. The Labute approximate surface area is 82.1 Å². The molecule has 0 radical (unpaired) electrons. The maximum Gasteiger partial charge on any atom is 0.251 e. The van der Waals surface area contributed by atoms with E-state index >= 15 is 0 Å². The molecule has 0 aliphatic heterocycles. The summed E-state index contributed by atoms with van der Waals surface area (Å²) >= 11 is 0. The Hall–Kier alpha value is -1.38. The van der Waals surface area contributed by atoms with Gasteiger partial charge in [0.2, 0.25) is 0 Å². The van der Waals surface area contributed by atoms with E-state index in [1.807, 2.05) is 18.2 Å². The fourth-order valence-corrected chi connectivity index (χ4v) is 1.44. The SMILES string of the molecule is O=C(N[C@@H]1C[C@H]1CF)c1ccccc1. The lowest BCUT2D eigenvalue weighted by atomic mass is 10.2. The number of benzene rings is 1. The summed E-state index contributed by atoms with van der Waals surface area (Å²) in [5.74, 6) is -0.0609. The van der Waals surface area contributed by atoms with Crippen LogP contribution in [0.15, 0.2) is 30.3 Å². The molecule has 0 saturated heterocycles. The van der Waals surface area contributed by atoms with Crippen molar-refractivity contribution in [3.05, 3.63) is 35.9 Å². The van der Waals surface area contributed by atoms with Gasteiger partial charge in [0.15, 0.2) is 0 Å². The minimum absolute atomic E-state index is 0.0441. The summed E-state index contributed by atoms with van der Waals surface area (Å²) in [6, 6.07) is 9.04. The predicted molar refractivity (Wildman–Crippen MR) is 51.8 cm³/mol. The van der Waals surface area contributed by atoms with Crippen molar-refractivity contribution in [2.75, 3.05) is 6.67 Å². The third kappa shape index (κ3) is 1.92. The van der Waals surface area contributed by atoms with Gasteiger partial charge in [0.05, 0.1) is 6.67 Å². The first-order chi connectivity index (χ1) is 6.81. The van der Waals surface area contributed by atoms with Crippen molar-refractivity contribution in [2.24, 2.45) is 5.92 Å². The lowest BCUT2D eigenvalue weighted by molar-refractivity contribution is 0.0948. The van der Waals surface area contributed by atoms with E-state index in [9.17, 15) is 9.18 Å². The molecule has 1 fully saturated rings.